The van der Waals surface area contributed by atoms with Crippen molar-refractivity contribution in [2.75, 3.05) is 12.8 Å². The molecule has 0 fully saturated rings. The monoisotopic (exact) mass is 309 g/mol. The number of nitrogen functional groups attached to an aromatic ring is 1. The molecule has 0 aliphatic rings. The van der Waals surface area contributed by atoms with Gasteiger partial charge < -0.3 is 15.2 Å². The van der Waals surface area contributed by atoms with Gasteiger partial charge in [-0.25, -0.2) is 4.79 Å². The smallest absolute Gasteiger partial charge is 0.341 e. The predicted molar refractivity (Wildman–Crippen MR) is 79.5 cm³/mol. The Labute approximate surface area is 127 Å². The third-order valence-electron chi connectivity index (χ3n) is 3.03. The zero-order valence-electron chi connectivity index (χ0n) is 12.0. The third kappa shape index (κ3) is 3.11. The molecule has 0 saturated carbocycles. The van der Waals surface area contributed by atoms with Crippen molar-refractivity contribution in [3.8, 4) is 5.75 Å². The Morgan fingerprint density at radius 3 is 2.76 bits per heavy atom. The molecule has 0 radical (unpaired) electrons. The number of nitrogens with two attached hydrogens (primary N) is 1. The van der Waals surface area contributed by atoms with Gasteiger partial charge in [0.15, 0.2) is 0 Å². The summed E-state index contributed by atoms with van der Waals surface area (Å²) in [6.07, 6.45) is 0. The van der Waals surface area contributed by atoms with E-state index in [1.54, 1.807) is 23.9 Å². The van der Waals surface area contributed by atoms with Crippen molar-refractivity contribution < 1.29 is 14.3 Å². The van der Waals surface area contributed by atoms with Gasteiger partial charge in [-0.1, -0.05) is 11.6 Å². The minimum atomic E-state index is -0.510. The van der Waals surface area contributed by atoms with Crippen molar-refractivity contribution in [1.29, 1.82) is 0 Å². The first-order valence-electron chi connectivity index (χ1n) is 6.22. The summed E-state index contributed by atoms with van der Waals surface area (Å²) in [4.78, 5) is 11.7. The van der Waals surface area contributed by atoms with Crippen molar-refractivity contribution in [1.82, 2.24) is 9.78 Å². The second kappa shape index (κ2) is 6.05. The molecule has 7 heteroatoms. The second-order valence-electron chi connectivity index (χ2n) is 4.51. The summed E-state index contributed by atoms with van der Waals surface area (Å²) in [6, 6.07) is 4.79. The van der Waals surface area contributed by atoms with Crippen molar-refractivity contribution in [3.05, 3.63) is 40.2 Å². The average molecular weight is 310 g/mol. The molecule has 6 nitrogen and oxygen atoms in total. The summed E-state index contributed by atoms with van der Waals surface area (Å²) in [5, 5.41) is 4.75. The summed E-state index contributed by atoms with van der Waals surface area (Å²) in [5.41, 5.74) is 7.86. The Kier molecular flexibility index (Phi) is 4.37. The Balaban J connectivity index is 2.26. The Morgan fingerprint density at radius 2 is 2.19 bits per heavy atom. The van der Waals surface area contributed by atoms with Crippen LogP contribution in [0.5, 0.6) is 5.75 Å². The van der Waals surface area contributed by atoms with Crippen LogP contribution in [0.1, 0.15) is 21.7 Å². The predicted octanol–water partition coefficient (Wildman–Crippen LogP) is 2.33. The largest absolute Gasteiger partial charge is 0.486 e. The minimum Gasteiger partial charge on any atom is -0.486 e. The molecule has 0 atom stereocenters. The quantitative estimate of drug-likeness (QED) is 0.692. The van der Waals surface area contributed by atoms with E-state index < -0.39 is 5.97 Å². The molecule has 1 aromatic carbocycles. The number of esters is 1. The number of aryl methyl sites for hydroxylation is 2. The maximum Gasteiger partial charge on any atom is 0.341 e. The standard InChI is InChI=1S/C14H16ClN3O3/c1-8-13(15)11(18(2)17-8)7-21-12-5-4-9(16)6-10(12)14(19)20-3/h4-6H,7,16H2,1-3H3. The fraction of sp³-hybridized carbons (Fsp3) is 0.286. The van der Waals surface area contributed by atoms with E-state index in [9.17, 15) is 4.79 Å². The van der Waals surface area contributed by atoms with E-state index >= 15 is 0 Å². The number of halogens is 1. The third-order valence-corrected chi connectivity index (χ3v) is 3.53. The fourth-order valence-corrected chi connectivity index (χ4v) is 2.14. The highest BCUT2D eigenvalue weighted by molar-refractivity contribution is 6.31. The minimum absolute atomic E-state index is 0.185. The Morgan fingerprint density at radius 1 is 1.48 bits per heavy atom. The van der Waals surface area contributed by atoms with Crippen LogP contribution in [0.2, 0.25) is 5.02 Å². The van der Waals surface area contributed by atoms with Gasteiger partial charge >= 0.3 is 5.97 Å². The van der Waals surface area contributed by atoms with Gasteiger partial charge in [0.25, 0.3) is 0 Å². The van der Waals surface area contributed by atoms with Crippen LogP contribution in [0.15, 0.2) is 18.2 Å². The van der Waals surface area contributed by atoms with Crippen LogP contribution in [-0.2, 0) is 18.4 Å². The Bertz CT molecular complexity index is 682. The van der Waals surface area contributed by atoms with Gasteiger partial charge in [0.05, 0.1) is 23.5 Å². The molecule has 1 aromatic heterocycles. The summed E-state index contributed by atoms with van der Waals surface area (Å²) < 4.78 is 12.0. The lowest BCUT2D eigenvalue weighted by Gasteiger charge is -2.11. The first kappa shape index (κ1) is 15.2. The number of aromatic nitrogens is 2. The highest BCUT2D eigenvalue weighted by Gasteiger charge is 2.16. The normalized spacial score (nSPS) is 10.5. The molecule has 2 N–H and O–H groups in total. The molecular weight excluding hydrogens is 294 g/mol. The number of nitrogens with zero attached hydrogens (tertiary/aromatic N) is 2. The Hall–Kier alpha value is -2.21. The van der Waals surface area contributed by atoms with E-state index in [1.165, 1.54) is 13.2 Å². The lowest BCUT2D eigenvalue weighted by molar-refractivity contribution is 0.0595. The molecule has 0 spiro atoms. The van der Waals surface area contributed by atoms with Gasteiger partial charge in [-0.3, -0.25) is 4.68 Å². The van der Waals surface area contributed by atoms with Crippen molar-refractivity contribution in [2.24, 2.45) is 7.05 Å². The van der Waals surface area contributed by atoms with Gasteiger partial charge in [-0.05, 0) is 25.1 Å². The zero-order chi connectivity index (χ0) is 15.6. The van der Waals surface area contributed by atoms with Gasteiger partial charge in [-0.2, -0.15) is 5.10 Å². The van der Waals surface area contributed by atoms with Crippen LogP contribution in [0.4, 0.5) is 5.69 Å². The van der Waals surface area contributed by atoms with Crippen LogP contribution in [0.3, 0.4) is 0 Å². The van der Waals surface area contributed by atoms with Gasteiger partial charge in [0.1, 0.15) is 17.9 Å². The summed E-state index contributed by atoms with van der Waals surface area (Å²) in [7, 11) is 3.08. The second-order valence-corrected chi connectivity index (χ2v) is 4.88. The highest BCUT2D eigenvalue weighted by Crippen LogP contribution is 2.25. The van der Waals surface area contributed by atoms with Crippen LogP contribution in [-0.4, -0.2) is 22.9 Å². The fourth-order valence-electron chi connectivity index (χ4n) is 1.93. The van der Waals surface area contributed by atoms with E-state index in [-0.39, 0.29) is 12.2 Å². The molecule has 21 heavy (non-hydrogen) atoms. The molecule has 0 unspecified atom stereocenters. The lowest BCUT2D eigenvalue weighted by Crippen LogP contribution is -2.08. The average Bonchev–Trinajstić information content (AvgIpc) is 2.70. The number of hydrogen-bond acceptors (Lipinski definition) is 5. The maximum absolute atomic E-state index is 11.7. The molecule has 112 valence electrons. The van der Waals surface area contributed by atoms with Crippen LogP contribution >= 0.6 is 11.6 Å². The molecular formula is C14H16ClN3O3. The number of methoxy groups -OCH3 is 1. The van der Waals surface area contributed by atoms with E-state index in [0.29, 0.717) is 16.5 Å². The van der Waals surface area contributed by atoms with Crippen molar-refractivity contribution in [2.45, 2.75) is 13.5 Å². The molecule has 2 rings (SSSR count). The van der Waals surface area contributed by atoms with E-state index in [4.69, 9.17) is 26.8 Å². The van der Waals surface area contributed by atoms with Gasteiger partial charge in [0, 0.05) is 12.7 Å². The van der Waals surface area contributed by atoms with E-state index in [0.717, 1.165) is 11.4 Å². The van der Waals surface area contributed by atoms with Crippen molar-refractivity contribution in [3.63, 3.8) is 0 Å². The first-order chi connectivity index (χ1) is 9.93. The number of benzene rings is 1. The van der Waals surface area contributed by atoms with Gasteiger partial charge in [-0.15, -0.1) is 0 Å². The number of ether oxygens (including phenoxy) is 2. The molecule has 0 saturated heterocycles. The molecule has 0 aliphatic carbocycles. The number of carbonyl (C=O) groups excluding carboxylic acids is 1. The zero-order valence-corrected chi connectivity index (χ0v) is 12.8. The molecule has 0 amide bonds. The highest BCUT2D eigenvalue weighted by atomic mass is 35.5. The van der Waals surface area contributed by atoms with Crippen LogP contribution in [0.25, 0.3) is 0 Å². The van der Waals surface area contributed by atoms with E-state index in [1.807, 2.05) is 6.92 Å². The first-order valence-corrected chi connectivity index (χ1v) is 6.60. The lowest BCUT2D eigenvalue weighted by atomic mass is 10.2. The molecule has 2 aromatic rings. The van der Waals surface area contributed by atoms with Crippen LogP contribution in [0, 0.1) is 6.92 Å². The summed E-state index contributed by atoms with van der Waals surface area (Å²) in [6.45, 7) is 2.00. The topological polar surface area (TPSA) is 79.4 Å². The van der Waals surface area contributed by atoms with Crippen LogP contribution < -0.4 is 10.5 Å². The SMILES string of the molecule is COC(=O)c1cc(N)ccc1OCc1c(Cl)c(C)nn1C. The summed E-state index contributed by atoms with van der Waals surface area (Å²) >= 11 is 6.16. The molecule has 0 aliphatic heterocycles. The maximum atomic E-state index is 11.7. The van der Waals surface area contributed by atoms with Gasteiger partial charge in [0.2, 0.25) is 0 Å². The van der Waals surface area contributed by atoms with E-state index in [2.05, 4.69) is 5.10 Å². The number of carbonyl (C=O) groups is 1. The van der Waals surface area contributed by atoms with Crippen molar-refractivity contribution >= 4 is 23.3 Å². The number of hydrogen-bond donors (Lipinski definition) is 1. The summed E-state index contributed by atoms with van der Waals surface area (Å²) in [5.74, 6) is -0.129. The molecule has 1 heterocycles. The number of rotatable bonds is 4. The molecule has 0 bridgehead atoms. The number of anilines is 1.